The summed E-state index contributed by atoms with van der Waals surface area (Å²) in [5.41, 5.74) is 0. The predicted octanol–water partition coefficient (Wildman–Crippen LogP) is 23.1. The Hall–Kier alpha value is -4.54. The number of aliphatic hydroxyl groups excluding tert-OH is 1. The molecule has 0 aromatic heterocycles. The van der Waals surface area contributed by atoms with Crippen molar-refractivity contribution in [3.8, 4) is 0 Å². The zero-order valence-corrected chi connectivity index (χ0v) is 65.8. The van der Waals surface area contributed by atoms with Crippen molar-refractivity contribution in [3.63, 3.8) is 0 Å². The lowest BCUT2D eigenvalue weighted by molar-refractivity contribution is -0.161. The van der Waals surface area contributed by atoms with E-state index in [0.29, 0.717) is 38.5 Å². The Balaban J connectivity index is 5.46. The maximum absolute atomic E-state index is 13.1. The maximum Gasteiger partial charge on any atom is 0.472 e. The number of hydrogen-bond donors (Lipinski definition) is 3. The van der Waals surface area contributed by atoms with Crippen LogP contribution in [0.3, 0.4) is 0 Å². The number of phosphoric ester groups is 2. The van der Waals surface area contributed by atoms with E-state index in [1.807, 2.05) is 24.3 Å². The summed E-state index contributed by atoms with van der Waals surface area (Å²) in [7, 11) is -9.99. The van der Waals surface area contributed by atoms with Crippen LogP contribution >= 0.6 is 15.6 Å². The van der Waals surface area contributed by atoms with E-state index in [2.05, 4.69) is 125 Å². The molecule has 0 bridgehead atoms. The van der Waals surface area contributed by atoms with Gasteiger partial charge in [-0.3, -0.25) is 37.3 Å². The molecule has 0 aromatic rings. The molecule has 0 amide bonds. The number of rotatable bonds is 74. The number of carbonyl (C=O) groups is 4. The zero-order chi connectivity index (χ0) is 74.6. The third-order valence-electron chi connectivity index (χ3n) is 16.4. The van der Waals surface area contributed by atoms with Crippen LogP contribution in [-0.2, 0) is 65.4 Å². The van der Waals surface area contributed by atoms with Gasteiger partial charge in [0.15, 0.2) is 12.2 Å². The van der Waals surface area contributed by atoms with Crippen molar-refractivity contribution in [1.82, 2.24) is 0 Å². The van der Waals surface area contributed by atoms with Gasteiger partial charge >= 0.3 is 39.5 Å². The number of unbranched alkanes of at least 4 members (excludes halogenated alkanes) is 28. The Morgan fingerprint density at radius 2 is 0.490 bits per heavy atom. The summed E-state index contributed by atoms with van der Waals surface area (Å²) >= 11 is 0. The van der Waals surface area contributed by atoms with E-state index in [-0.39, 0.29) is 25.7 Å². The number of ether oxygens (including phenoxy) is 4. The van der Waals surface area contributed by atoms with Gasteiger partial charge in [0, 0.05) is 25.7 Å². The van der Waals surface area contributed by atoms with Crippen LogP contribution in [0.25, 0.3) is 0 Å². The second kappa shape index (κ2) is 74.7. The van der Waals surface area contributed by atoms with E-state index in [1.165, 1.54) is 116 Å². The average molecular weight is 1470 g/mol. The number of aliphatic hydroxyl groups is 1. The highest BCUT2D eigenvalue weighted by Crippen LogP contribution is 2.45. The molecule has 0 spiro atoms. The van der Waals surface area contributed by atoms with Crippen molar-refractivity contribution in [3.05, 3.63) is 122 Å². The third kappa shape index (κ3) is 73.8. The van der Waals surface area contributed by atoms with E-state index >= 15 is 0 Å². The topological polar surface area (TPSA) is 237 Å². The summed E-state index contributed by atoms with van der Waals surface area (Å²) in [4.78, 5) is 72.9. The van der Waals surface area contributed by atoms with Gasteiger partial charge in [-0.05, 0) is 135 Å². The quantitative estimate of drug-likeness (QED) is 0.0169. The number of allylic oxidation sites excluding steroid dienone is 20. The summed E-state index contributed by atoms with van der Waals surface area (Å²) < 4.78 is 68.5. The highest BCUT2D eigenvalue weighted by atomic mass is 31.2. The van der Waals surface area contributed by atoms with Crippen molar-refractivity contribution in [2.75, 3.05) is 39.6 Å². The van der Waals surface area contributed by atoms with Crippen molar-refractivity contribution in [2.45, 2.75) is 341 Å². The predicted molar refractivity (Wildman–Crippen MR) is 418 cm³/mol. The molecule has 0 radical (unpaired) electrons. The van der Waals surface area contributed by atoms with Gasteiger partial charge in [-0.1, -0.05) is 284 Å². The fourth-order valence-corrected chi connectivity index (χ4v) is 11.9. The smallest absolute Gasteiger partial charge is 0.462 e. The van der Waals surface area contributed by atoms with Gasteiger partial charge in [0.25, 0.3) is 0 Å². The molecule has 0 saturated carbocycles. The summed E-state index contributed by atoms with van der Waals surface area (Å²) in [5.74, 6) is -2.31. The molecule has 0 aliphatic rings. The molecular weight excluding hydrogens is 1330 g/mol. The van der Waals surface area contributed by atoms with Crippen LogP contribution in [0, 0.1) is 0 Å². The second-order valence-corrected chi connectivity index (χ2v) is 29.2. The Morgan fingerprint density at radius 1 is 0.275 bits per heavy atom. The van der Waals surface area contributed by atoms with E-state index in [0.717, 1.165) is 116 Å². The fourth-order valence-electron chi connectivity index (χ4n) is 10.3. The first-order valence-corrected chi connectivity index (χ1v) is 42.8. The van der Waals surface area contributed by atoms with Gasteiger partial charge in [-0.25, -0.2) is 9.13 Å². The molecular formula is C83H142O17P2. The first-order valence-electron chi connectivity index (χ1n) is 39.8. The van der Waals surface area contributed by atoms with Crippen molar-refractivity contribution in [2.24, 2.45) is 0 Å². The van der Waals surface area contributed by atoms with Gasteiger partial charge in [0.2, 0.25) is 0 Å². The largest absolute Gasteiger partial charge is 0.472 e. The Morgan fingerprint density at radius 3 is 0.804 bits per heavy atom. The lowest BCUT2D eigenvalue weighted by Gasteiger charge is -2.21. The monoisotopic (exact) mass is 1470 g/mol. The molecule has 0 aliphatic carbocycles. The maximum atomic E-state index is 13.1. The first kappa shape index (κ1) is 97.5. The van der Waals surface area contributed by atoms with Crippen LogP contribution in [0.4, 0.5) is 0 Å². The lowest BCUT2D eigenvalue weighted by Crippen LogP contribution is -2.30. The molecule has 17 nitrogen and oxygen atoms in total. The molecule has 19 heteroatoms. The Kier molecular flexibility index (Phi) is 71.4. The fraction of sp³-hybridized carbons (Fsp3) is 0.711. The van der Waals surface area contributed by atoms with Gasteiger partial charge in [-0.15, -0.1) is 0 Å². The summed E-state index contributed by atoms with van der Waals surface area (Å²) in [5, 5.41) is 10.6. The minimum Gasteiger partial charge on any atom is -0.462 e. The normalized spacial score (nSPS) is 14.5. The number of phosphoric acid groups is 2. The molecule has 0 fully saturated rings. The number of carbonyl (C=O) groups excluding carboxylic acids is 4. The van der Waals surface area contributed by atoms with E-state index in [1.54, 1.807) is 0 Å². The molecule has 5 atom stereocenters. The van der Waals surface area contributed by atoms with Crippen LogP contribution in [0.5, 0.6) is 0 Å². The second-order valence-electron chi connectivity index (χ2n) is 26.3. The molecule has 0 aliphatic heterocycles. The van der Waals surface area contributed by atoms with Gasteiger partial charge in [-0.2, -0.15) is 0 Å². The van der Waals surface area contributed by atoms with Crippen LogP contribution in [0.1, 0.15) is 323 Å². The first-order chi connectivity index (χ1) is 49.7. The zero-order valence-electron chi connectivity index (χ0n) is 64.0. The van der Waals surface area contributed by atoms with Crippen LogP contribution in [0.2, 0.25) is 0 Å². The van der Waals surface area contributed by atoms with Crippen LogP contribution in [0.15, 0.2) is 122 Å². The van der Waals surface area contributed by atoms with E-state index in [4.69, 9.17) is 37.0 Å². The van der Waals surface area contributed by atoms with Crippen LogP contribution < -0.4 is 0 Å². The molecule has 2 unspecified atom stereocenters. The van der Waals surface area contributed by atoms with Crippen molar-refractivity contribution >= 4 is 39.5 Å². The lowest BCUT2D eigenvalue weighted by atomic mass is 10.0. The van der Waals surface area contributed by atoms with E-state index < -0.39 is 97.5 Å². The van der Waals surface area contributed by atoms with Gasteiger partial charge < -0.3 is 33.8 Å². The Labute approximate surface area is 619 Å². The summed E-state index contributed by atoms with van der Waals surface area (Å²) in [6.07, 6.45) is 81.9. The molecule has 102 heavy (non-hydrogen) atoms. The van der Waals surface area contributed by atoms with Gasteiger partial charge in [0.1, 0.15) is 19.3 Å². The van der Waals surface area contributed by atoms with E-state index in [9.17, 15) is 43.2 Å². The molecule has 0 aromatic carbocycles. The highest BCUT2D eigenvalue weighted by molar-refractivity contribution is 7.47. The molecule has 0 heterocycles. The number of esters is 4. The minimum atomic E-state index is -5.00. The highest BCUT2D eigenvalue weighted by Gasteiger charge is 2.30. The van der Waals surface area contributed by atoms with Crippen molar-refractivity contribution in [1.29, 1.82) is 0 Å². The van der Waals surface area contributed by atoms with Crippen LogP contribution in [-0.4, -0.2) is 96.7 Å². The molecule has 0 saturated heterocycles. The Bertz CT molecular complexity index is 2410. The molecule has 0 rings (SSSR count). The standard InChI is InChI=1S/C83H142O17P2/c1-5-9-13-17-21-25-29-33-36-38-41-44-48-52-56-60-64-68-81(86)94-74-79(99-82(87)69-65-61-57-53-49-45-40-35-31-27-23-19-15-11-7-3)76-98-102(91,92)96-72-77(84)71-95-101(89,90)97-75-78(73-93-80(85)67-63-59-55-51-47-43-32-28-24-20-16-12-8-4)100-83(88)70-66-62-58-54-50-46-42-39-37-34-30-26-22-18-14-10-6-2/h21-23,25-27,33-37,40-42,44,46,52,54,56,58,77-79,84H,5-20,24,28-32,38-39,43,45,47-51,53,55,57,59-76H2,1-4H3,(H,89,90)(H,91,92)/b25-21-,26-22-,27-23-,36-33-,37-34-,40-35-,44-41-,46-42-,56-52-,58-54-/t77-,78-,79-/m1/s1. The summed E-state index contributed by atoms with van der Waals surface area (Å²) in [6, 6.07) is 0. The van der Waals surface area contributed by atoms with Crippen molar-refractivity contribution < 1.29 is 80.2 Å². The molecule has 586 valence electrons. The minimum absolute atomic E-state index is 0.0177. The average Bonchev–Trinajstić information content (AvgIpc) is 0.951. The van der Waals surface area contributed by atoms with Gasteiger partial charge in [0.05, 0.1) is 26.4 Å². The molecule has 3 N–H and O–H groups in total. The summed E-state index contributed by atoms with van der Waals surface area (Å²) in [6.45, 7) is 4.67. The SMILES string of the molecule is CCCCC/C=C\C/C=C\C/C=C\C/C=C\CCCC(=O)OC[C@H](COP(=O)(O)OC[C@H](O)COP(=O)(O)OC[C@@H](COC(=O)CCCCCCCCCCCCCCC)OC(=O)CCC/C=C\C/C=C\C/C=C\C/C=C\CCCCC)OC(=O)CCCCCCC/C=C\C/C=C\CCCCC. The third-order valence-corrected chi connectivity index (χ3v) is 18.3. The number of hydrogen-bond acceptors (Lipinski definition) is 15.